The lowest BCUT2D eigenvalue weighted by Gasteiger charge is -2.14. The maximum absolute atomic E-state index is 13.6. The maximum atomic E-state index is 13.6. The molecule has 0 saturated carbocycles. The number of hydrogen-bond acceptors (Lipinski definition) is 6. The minimum atomic E-state index is -0.469. The van der Waals surface area contributed by atoms with Crippen LogP contribution < -0.4 is 21.3 Å². The van der Waals surface area contributed by atoms with Gasteiger partial charge in [-0.2, -0.15) is 0 Å². The number of carbonyl (C=O) groups excluding carboxylic acids is 2. The van der Waals surface area contributed by atoms with Crippen LogP contribution in [0.5, 0.6) is 5.75 Å². The number of nitrogens with one attached hydrogen (secondary N) is 2. The summed E-state index contributed by atoms with van der Waals surface area (Å²) in [6.07, 6.45) is 0.0589. The van der Waals surface area contributed by atoms with Crippen molar-refractivity contribution in [3.05, 3.63) is 77.6 Å². The average molecular weight is 534 g/mol. The SMILES string of the molecule is CNOCc1c(-c2ccc(F)cc2)oc2ccc(-c3cc(C(=O)NCC(C)C)ccc3OCCC(N)=O)cc12. The Hall–Kier alpha value is -4.21. The molecule has 0 fully saturated rings. The van der Waals surface area contributed by atoms with Crippen LogP contribution in [-0.4, -0.2) is 32.0 Å². The number of hydroxylamine groups is 1. The predicted octanol–water partition coefficient (Wildman–Crippen LogP) is 5.20. The molecule has 0 atom stereocenters. The molecular formula is C30H32FN3O5. The Bertz CT molecular complexity index is 1460. The van der Waals surface area contributed by atoms with Gasteiger partial charge in [0.05, 0.1) is 19.6 Å². The number of hydrogen-bond donors (Lipinski definition) is 3. The molecular weight excluding hydrogens is 501 g/mol. The monoisotopic (exact) mass is 533 g/mol. The van der Waals surface area contributed by atoms with Crippen LogP contribution in [0.2, 0.25) is 0 Å². The summed E-state index contributed by atoms with van der Waals surface area (Å²) in [5, 5.41) is 3.73. The zero-order valence-electron chi connectivity index (χ0n) is 22.2. The smallest absolute Gasteiger partial charge is 0.251 e. The molecule has 0 unspecified atom stereocenters. The summed E-state index contributed by atoms with van der Waals surface area (Å²) >= 11 is 0. The first-order valence-electron chi connectivity index (χ1n) is 12.7. The first-order chi connectivity index (χ1) is 18.8. The molecule has 0 aliphatic rings. The van der Waals surface area contributed by atoms with Gasteiger partial charge in [0.15, 0.2) is 0 Å². The number of ether oxygens (including phenoxy) is 1. The number of carbonyl (C=O) groups is 2. The Morgan fingerprint density at radius 1 is 1.03 bits per heavy atom. The third-order valence-electron chi connectivity index (χ3n) is 6.09. The van der Waals surface area contributed by atoms with Gasteiger partial charge in [0.2, 0.25) is 5.91 Å². The molecule has 4 aromatic rings. The van der Waals surface area contributed by atoms with E-state index in [4.69, 9.17) is 19.7 Å². The van der Waals surface area contributed by atoms with Gasteiger partial charge >= 0.3 is 0 Å². The first-order valence-corrected chi connectivity index (χ1v) is 12.7. The number of fused-ring (bicyclic) bond motifs is 1. The summed E-state index contributed by atoms with van der Waals surface area (Å²) in [6.45, 7) is 4.89. The van der Waals surface area contributed by atoms with Crippen LogP contribution in [-0.2, 0) is 16.2 Å². The highest BCUT2D eigenvalue weighted by molar-refractivity contribution is 5.97. The van der Waals surface area contributed by atoms with Crippen molar-refractivity contribution in [1.82, 2.24) is 10.8 Å². The summed E-state index contributed by atoms with van der Waals surface area (Å²) in [4.78, 5) is 29.6. The topological polar surface area (TPSA) is 116 Å². The molecule has 2 amide bonds. The molecule has 1 heterocycles. The molecule has 0 bridgehead atoms. The van der Waals surface area contributed by atoms with Crippen LogP contribution >= 0.6 is 0 Å². The highest BCUT2D eigenvalue weighted by Crippen LogP contribution is 2.39. The third kappa shape index (κ3) is 6.81. The molecule has 9 heteroatoms. The number of furan rings is 1. The van der Waals surface area contributed by atoms with E-state index in [2.05, 4.69) is 10.8 Å². The van der Waals surface area contributed by atoms with Crippen LogP contribution in [0.4, 0.5) is 4.39 Å². The summed E-state index contributed by atoms with van der Waals surface area (Å²) in [5.74, 6) is 0.375. The van der Waals surface area contributed by atoms with Crippen molar-refractivity contribution >= 4 is 22.8 Å². The van der Waals surface area contributed by atoms with Crippen molar-refractivity contribution in [3.8, 4) is 28.2 Å². The second kappa shape index (κ2) is 12.6. The van der Waals surface area contributed by atoms with Crippen LogP contribution in [0.3, 0.4) is 0 Å². The standard InChI is InChI=1S/C30H32FN3O5/c1-18(2)16-34-30(36)21-7-10-26(37-13-12-28(32)35)23(15-21)20-6-11-27-24(14-20)25(17-38-33-3)29(39-27)19-4-8-22(31)9-5-19/h4-11,14-15,18,33H,12-13,16-17H2,1-3H3,(H2,32,35)(H,34,36). The zero-order chi connectivity index (χ0) is 27.9. The van der Waals surface area contributed by atoms with Crippen molar-refractivity contribution in [2.45, 2.75) is 26.9 Å². The fourth-order valence-corrected chi connectivity index (χ4v) is 4.12. The molecule has 8 nitrogen and oxygen atoms in total. The van der Waals surface area contributed by atoms with Gasteiger partial charge in [0.25, 0.3) is 5.91 Å². The number of nitrogens with two attached hydrogens (primary N) is 1. The number of amides is 2. The van der Waals surface area contributed by atoms with Gasteiger partial charge in [-0.25, -0.2) is 9.87 Å². The molecule has 39 heavy (non-hydrogen) atoms. The molecule has 4 rings (SSSR count). The molecule has 0 aliphatic carbocycles. The molecule has 4 N–H and O–H groups in total. The van der Waals surface area contributed by atoms with Crippen molar-refractivity contribution < 1.29 is 28.0 Å². The molecule has 0 spiro atoms. The number of halogens is 1. The lowest BCUT2D eigenvalue weighted by atomic mass is 9.98. The molecule has 1 aromatic heterocycles. The Kier molecular flexibility index (Phi) is 8.96. The first kappa shape index (κ1) is 27.8. The van der Waals surface area contributed by atoms with Gasteiger partial charge in [-0.1, -0.05) is 19.9 Å². The number of rotatable bonds is 12. The summed E-state index contributed by atoms with van der Waals surface area (Å²) in [5.41, 5.74) is 12.0. The quantitative estimate of drug-likeness (QED) is 0.216. The fourth-order valence-electron chi connectivity index (χ4n) is 4.12. The predicted molar refractivity (Wildman–Crippen MR) is 147 cm³/mol. The second-order valence-corrected chi connectivity index (χ2v) is 9.50. The highest BCUT2D eigenvalue weighted by atomic mass is 19.1. The Labute approximate surface area is 226 Å². The Balaban J connectivity index is 1.80. The van der Waals surface area contributed by atoms with E-state index in [0.717, 1.165) is 16.5 Å². The van der Waals surface area contributed by atoms with Gasteiger partial charge in [0.1, 0.15) is 22.9 Å². The molecule has 0 saturated heterocycles. The third-order valence-corrected chi connectivity index (χ3v) is 6.09. The molecule has 0 radical (unpaired) electrons. The van der Waals surface area contributed by atoms with Crippen molar-refractivity contribution in [2.24, 2.45) is 11.7 Å². The minimum absolute atomic E-state index is 0.0589. The van der Waals surface area contributed by atoms with Crippen molar-refractivity contribution in [1.29, 1.82) is 0 Å². The summed E-state index contributed by atoms with van der Waals surface area (Å²) in [6, 6.07) is 16.9. The van der Waals surface area contributed by atoms with Crippen LogP contribution in [0.25, 0.3) is 33.4 Å². The van der Waals surface area contributed by atoms with Crippen LogP contribution in [0, 0.1) is 11.7 Å². The lowest BCUT2D eigenvalue weighted by Crippen LogP contribution is -2.27. The van der Waals surface area contributed by atoms with Crippen LogP contribution in [0.15, 0.2) is 65.1 Å². The lowest BCUT2D eigenvalue weighted by molar-refractivity contribution is -0.118. The molecule has 0 aliphatic heterocycles. The van der Waals surface area contributed by atoms with E-state index < -0.39 is 5.91 Å². The fraction of sp³-hybridized carbons (Fsp3) is 0.267. The molecule has 3 aromatic carbocycles. The van der Waals surface area contributed by atoms with E-state index in [1.807, 2.05) is 32.0 Å². The normalized spacial score (nSPS) is 11.2. The number of primary amides is 1. The van der Waals surface area contributed by atoms with Crippen molar-refractivity contribution in [2.75, 3.05) is 20.2 Å². The minimum Gasteiger partial charge on any atom is -0.492 e. The largest absolute Gasteiger partial charge is 0.492 e. The Morgan fingerprint density at radius 3 is 2.46 bits per heavy atom. The van der Waals surface area contributed by atoms with E-state index in [1.165, 1.54) is 12.1 Å². The average Bonchev–Trinajstić information content (AvgIpc) is 3.28. The summed E-state index contributed by atoms with van der Waals surface area (Å²) in [7, 11) is 1.66. The summed E-state index contributed by atoms with van der Waals surface area (Å²) < 4.78 is 25.6. The van der Waals surface area contributed by atoms with E-state index in [-0.39, 0.29) is 31.4 Å². The second-order valence-electron chi connectivity index (χ2n) is 9.50. The Morgan fingerprint density at radius 2 is 1.77 bits per heavy atom. The van der Waals surface area contributed by atoms with Gasteiger partial charge in [-0.15, -0.1) is 0 Å². The van der Waals surface area contributed by atoms with Crippen molar-refractivity contribution in [3.63, 3.8) is 0 Å². The van der Waals surface area contributed by atoms with Gasteiger partial charge in [0, 0.05) is 41.2 Å². The highest BCUT2D eigenvalue weighted by Gasteiger charge is 2.19. The van der Waals surface area contributed by atoms with E-state index in [9.17, 15) is 14.0 Å². The van der Waals surface area contributed by atoms with Crippen LogP contribution in [0.1, 0.15) is 36.2 Å². The van der Waals surface area contributed by atoms with E-state index in [0.29, 0.717) is 46.2 Å². The van der Waals surface area contributed by atoms with Gasteiger partial charge in [-0.05, 0) is 66.1 Å². The zero-order valence-corrected chi connectivity index (χ0v) is 22.2. The van der Waals surface area contributed by atoms with Gasteiger partial charge in [-0.3, -0.25) is 14.4 Å². The maximum Gasteiger partial charge on any atom is 0.251 e. The number of benzene rings is 3. The molecule has 204 valence electrons. The van der Waals surface area contributed by atoms with E-state index in [1.54, 1.807) is 37.4 Å². The van der Waals surface area contributed by atoms with E-state index >= 15 is 0 Å². The van der Waals surface area contributed by atoms with Gasteiger partial charge < -0.3 is 20.2 Å².